The molecule has 0 radical (unpaired) electrons. The predicted octanol–water partition coefficient (Wildman–Crippen LogP) is 1.89. The minimum atomic E-state index is -0.126. The number of amides is 1. The van der Waals surface area contributed by atoms with Crippen LogP contribution in [0.1, 0.15) is 17.3 Å². The van der Waals surface area contributed by atoms with Crippen molar-refractivity contribution in [2.75, 3.05) is 11.4 Å². The van der Waals surface area contributed by atoms with Gasteiger partial charge in [-0.1, -0.05) is 11.6 Å². The monoisotopic (exact) mass is 209 g/mol. The van der Waals surface area contributed by atoms with E-state index < -0.39 is 0 Å². The molecule has 0 saturated heterocycles. The van der Waals surface area contributed by atoms with Crippen LogP contribution in [0, 0.1) is 0 Å². The van der Waals surface area contributed by atoms with Crippen molar-refractivity contribution in [2.24, 2.45) is 0 Å². The first kappa shape index (κ1) is 9.21. The van der Waals surface area contributed by atoms with Gasteiger partial charge < -0.3 is 4.90 Å². The number of hydrogen-bond donors (Lipinski definition) is 0. The maximum Gasteiger partial charge on any atom is 0.224 e. The lowest BCUT2D eigenvalue weighted by atomic mass is 10.1. The number of hydrogen-bond acceptors (Lipinski definition) is 2. The zero-order chi connectivity index (χ0) is 10.3. The average molecular weight is 210 g/mol. The second-order valence-corrected chi connectivity index (χ2v) is 3.63. The highest BCUT2D eigenvalue weighted by Crippen LogP contribution is 2.30. The fourth-order valence-corrected chi connectivity index (χ4v) is 1.73. The number of ketones is 1. The molecule has 1 heterocycles. The maximum absolute atomic E-state index is 11.5. The third-order valence-corrected chi connectivity index (χ3v) is 2.47. The van der Waals surface area contributed by atoms with Crippen LogP contribution in [-0.4, -0.2) is 18.2 Å². The van der Waals surface area contributed by atoms with Crippen molar-refractivity contribution in [3.05, 3.63) is 28.8 Å². The summed E-state index contributed by atoms with van der Waals surface area (Å²) in [5.41, 5.74) is 1.19. The minimum absolute atomic E-state index is 0.0577. The predicted molar refractivity (Wildman–Crippen MR) is 53.8 cm³/mol. The molecular formula is C10H8ClNO2. The van der Waals surface area contributed by atoms with Gasteiger partial charge in [-0.3, -0.25) is 9.59 Å². The van der Waals surface area contributed by atoms with E-state index in [0.717, 1.165) is 0 Å². The molecule has 1 amide bonds. The van der Waals surface area contributed by atoms with Gasteiger partial charge in [-0.05, 0) is 18.2 Å². The highest BCUT2D eigenvalue weighted by atomic mass is 35.5. The second kappa shape index (κ2) is 3.10. The molecule has 1 aliphatic rings. The second-order valence-electron chi connectivity index (χ2n) is 3.19. The number of carbonyl (C=O) groups excluding carboxylic acids is 2. The van der Waals surface area contributed by atoms with Crippen LogP contribution in [0.5, 0.6) is 0 Å². The third kappa shape index (κ3) is 1.30. The highest BCUT2D eigenvalue weighted by Gasteiger charge is 2.28. The van der Waals surface area contributed by atoms with E-state index in [-0.39, 0.29) is 18.2 Å². The topological polar surface area (TPSA) is 37.4 Å². The van der Waals surface area contributed by atoms with Crippen molar-refractivity contribution >= 4 is 29.0 Å². The Morgan fingerprint density at radius 1 is 1.50 bits per heavy atom. The van der Waals surface area contributed by atoms with E-state index in [0.29, 0.717) is 16.3 Å². The molecule has 1 aromatic carbocycles. The molecule has 0 aliphatic carbocycles. The van der Waals surface area contributed by atoms with Crippen LogP contribution in [0.3, 0.4) is 0 Å². The van der Waals surface area contributed by atoms with Crippen molar-refractivity contribution < 1.29 is 9.59 Å². The summed E-state index contributed by atoms with van der Waals surface area (Å²) in [7, 11) is 0. The maximum atomic E-state index is 11.5. The molecular weight excluding hydrogens is 202 g/mol. The zero-order valence-corrected chi connectivity index (χ0v) is 8.34. The van der Waals surface area contributed by atoms with E-state index in [9.17, 15) is 9.59 Å². The van der Waals surface area contributed by atoms with Crippen molar-refractivity contribution in [2.45, 2.75) is 6.92 Å². The summed E-state index contributed by atoms with van der Waals surface area (Å²) < 4.78 is 0. The van der Waals surface area contributed by atoms with Crippen LogP contribution in [0.4, 0.5) is 5.69 Å². The number of Topliss-reactive ketones (excluding diaryl/α,β-unsaturated/α-hetero) is 1. The summed E-state index contributed by atoms with van der Waals surface area (Å²) in [5.74, 6) is -0.183. The molecule has 0 N–H and O–H groups in total. The molecule has 0 aromatic heterocycles. The summed E-state index contributed by atoms with van der Waals surface area (Å²) in [4.78, 5) is 24.1. The van der Waals surface area contributed by atoms with Crippen LogP contribution in [-0.2, 0) is 4.79 Å². The van der Waals surface area contributed by atoms with Gasteiger partial charge in [-0.15, -0.1) is 0 Å². The summed E-state index contributed by atoms with van der Waals surface area (Å²) in [6.07, 6.45) is 0. The van der Waals surface area contributed by atoms with E-state index in [4.69, 9.17) is 11.6 Å². The van der Waals surface area contributed by atoms with Gasteiger partial charge in [-0.2, -0.15) is 0 Å². The molecule has 1 aromatic rings. The SMILES string of the molecule is CC(=O)N1CC(=O)c2cc(Cl)ccc21. The lowest BCUT2D eigenvalue weighted by Crippen LogP contribution is -2.27. The summed E-state index contributed by atoms with van der Waals surface area (Å²) in [5, 5.41) is 0.516. The minimum Gasteiger partial charge on any atom is -0.304 e. The Balaban J connectivity index is 2.55. The van der Waals surface area contributed by atoms with Gasteiger partial charge in [0, 0.05) is 17.5 Å². The van der Waals surface area contributed by atoms with Crippen molar-refractivity contribution in [3.63, 3.8) is 0 Å². The van der Waals surface area contributed by atoms with Crippen LogP contribution in [0.25, 0.3) is 0 Å². The van der Waals surface area contributed by atoms with Crippen LogP contribution >= 0.6 is 11.6 Å². The molecule has 0 atom stereocenters. The molecule has 0 unspecified atom stereocenters. The standard InChI is InChI=1S/C10H8ClNO2/c1-6(13)12-5-10(14)8-4-7(11)2-3-9(8)12/h2-4H,5H2,1H3. The number of halogens is 1. The molecule has 14 heavy (non-hydrogen) atoms. The summed E-state index contributed by atoms with van der Waals surface area (Å²) in [6, 6.07) is 4.97. The Hall–Kier alpha value is -1.35. The largest absolute Gasteiger partial charge is 0.304 e. The normalized spacial score (nSPS) is 14.4. The molecule has 4 heteroatoms. The van der Waals surface area contributed by atoms with Gasteiger partial charge in [0.2, 0.25) is 5.91 Å². The van der Waals surface area contributed by atoms with Gasteiger partial charge in [0.1, 0.15) is 0 Å². The Bertz CT molecular complexity index is 428. The number of benzene rings is 1. The van der Waals surface area contributed by atoms with E-state index in [1.165, 1.54) is 11.8 Å². The van der Waals surface area contributed by atoms with Gasteiger partial charge >= 0.3 is 0 Å². The van der Waals surface area contributed by atoms with Crippen LogP contribution in [0.2, 0.25) is 5.02 Å². The van der Waals surface area contributed by atoms with Gasteiger partial charge in [0.05, 0.1) is 12.2 Å². The van der Waals surface area contributed by atoms with Gasteiger partial charge in [-0.25, -0.2) is 0 Å². The first-order valence-electron chi connectivity index (χ1n) is 4.20. The van der Waals surface area contributed by atoms with Gasteiger partial charge in [0.15, 0.2) is 5.78 Å². The van der Waals surface area contributed by atoms with Crippen molar-refractivity contribution in [3.8, 4) is 0 Å². The van der Waals surface area contributed by atoms with Crippen LogP contribution in [0.15, 0.2) is 18.2 Å². The number of fused-ring (bicyclic) bond motifs is 1. The Morgan fingerprint density at radius 3 is 2.86 bits per heavy atom. The third-order valence-electron chi connectivity index (χ3n) is 2.23. The molecule has 72 valence electrons. The molecule has 0 bridgehead atoms. The molecule has 0 saturated carbocycles. The van der Waals surface area contributed by atoms with Crippen LogP contribution < -0.4 is 4.90 Å². The lowest BCUT2D eigenvalue weighted by molar-refractivity contribution is -0.116. The quantitative estimate of drug-likeness (QED) is 0.655. The smallest absolute Gasteiger partial charge is 0.224 e. The Morgan fingerprint density at radius 2 is 2.21 bits per heavy atom. The summed E-state index contributed by atoms with van der Waals surface area (Å²) >= 11 is 5.76. The van der Waals surface area contributed by atoms with Crippen molar-refractivity contribution in [1.82, 2.24) is 0 Å². The Kier molecular flexibility index (Phi) is 2.04. The molecule has 3 nitrogen and oxygen atoms in total. The van der Waals surface area contributed by atoms with Crippen molar-refractivity contribution in [1.29, 1.82) is 0 Å². The number of nitrogens with zero attached hydrogens (tertiary/aromatic N) is 1. The molecule has 1 aliphatic heterocycles. The average Bonchev–Trinajstić information content (AvgIpc) is 2.44. The molecule has 2 rings (SSSR count). The van der Waals surface area contributed by atoms with E-state index in [1.54, 1.807) is 18.2 Å². The molecule has 0 fully saturated rings. The molecule has 0 spiro atoms. The highest BCUT2D eigenvalue weighted by molar-refractivity contribution is 6.31. The van der Waals surface area contributed by atoms with E-state index >= 15 is 0 Å². The fraction of sp³-hybridized carbons (Fsp3) is 0.200. The lowest BCUT2D eigenvalue weighted by Gasteiger charge is -2.12. The van der Waals surface area contributed by atoms with Gasteiger partial charge in [0.25, 0.3) is 0 Å². The first-order chi connectivity index (χ1) is 6.59. The van der Waals surface area contributed by atoms with E-state index in [1.807, 2.05) is 0 Å². The van der Waals surface area contributed by atoms with E-state index in [2.05, 4.69) is 0 Å². The Labute approximate surface area is 86.3 Å². The summed E-state index contributed by atoms with van der Waals surface area (Å²) in [6.45, 7) is 1.57. The number of anilines is 1. The fourth-order valence-electron chi connectivity index (χ4n) is 1.56. The first-order valence-corrected chi connectivity index (χ1v) is 4.58. The number of carbonyl (C=O) groups is 2. The zero-order valence-electron chi connectivity index (χ0n) is 7.58. The number of rotatable bonds is 0.